The number of benzene rings is 2. The van der Waals surface area contributed by atoms with Crippen LogP contribution in [0.2, 0.25) is 5.02 Å². The van der Waals surface area contributed by atoms with Crippen LogP contribution in [0.3, 0.4) is 0 Å². The van der Waals surface area contributed by atoms with E-state index in [2.05, 4.69) is 20.3 Å². The molecule has 0 radical (unpaired) electrons. The number of piperidine rings is 1. The van der Waals surface area contributed by atoms with Crippen LogP contribution in [0.15, 0.2) is 70.4 Å². The van der Waals surface area contributed by atoms with Crippen LogP contribution in [0.25, 0.3) is 11.0 Å². The molecule has 10 heteroatoms. The zero-order valence-corrected chi connectivity index (χ0v) is 26.7. The highest BCUT2D eigenvalue weighted by molar-refractivity contribution is 6.30. The highest BCUT2D eigenvalue weighted by atomic mass is 35.5. The molecule has 6 rings (SSSR count). The van der Waals surface area contributed by atoms with Gasteiger partial charge in [-0.3, -0.25) is 14.3 Å². The molecule has 1 atom stereocenters. The molecule has 9 nitrogen and oxygen atoms in total. The number of carbonyl (C=O) groups is 1. The van der Waals surface area contributed by atoms with Crippen LogP contribution in [0.4, 0.5) is 0 Å². The number of likely N-dealkylation sites (tertiary alicyclic amines) is 1. The lowest BCUT2D eigenvalue weighted by molar-refractivity contribution is 0.0104. The van der Waals surface area contributed by atoms with Crippen molar-refractivity contribution in [2.75, 3.05) is 26.7 Å². The summed E-state index contributed by atoms with van der Waals surface area (Å²) in [5.41, 5.74) is 1.31. The normalized spacial score (nSPS) is 18.1. The minimum absolute atomic E-state index is 0.0264. The van der Waals surface area contributed by atoms with E-state index in [0.717, 1.165) is 56.9 Å². The Morgan fingerprint density at radius 1 is 1.13 bits per heavy atom. The van der Waals surface area contributed by atoms with Crippen LogP contribution >= 0.6 is 11.6 Å². The van der Waals surface area contributed by atoms with Gasteiger partial charge in [-0.05, 0) is 92.8 Å². The van der Waals surface area contributed by atoms with Crippen LogP contribution in [0, 0.1) is 11.3 Å². The van der Waals surface area contributed by atoms with E-state index in [9.17, 15) is 9.59 Å². The monoisotopic (exact) mass is 631 g/mol. The Kier molecular flexibility index (Phi) is 9.85. The van der Waals surface area contributed by atoms with E-state index < -0.39 is 5.91 Å². The molecule has 4 aromatic rings. The van der Waals surface area contributed by atoms with Crippen molar-refractivity contribution in [2.45, 2.75) is 70.4 Å². The molecule has 2 fully saturated rings. The van der Waals surface area contributed by atoms with E-state index in [4.69, 9.17) is 20.8 Å². The lowest BCUT2D eigenvalue weighted by Crippen LogP contribution is -2.48. The minimum Gasteiger partial charge on any atom is -0.493 e. The number of amides is 1. The van der Waals surface area contributed by atoms with Gasteiger partial charge in [0.25, 0.3) is 5.91 Å². The summed E-state index contributed by atoms with van der Waals surface area (Å²) in [5.74, 6) is 0.697. The van der Waals surface area contributed by atoms with Crippen LogP contribution in [-0.2, 0) is 13.0 Å². The fourth-order valence-corrected chi connectivity index (χ4v) is 7.54. The van der Waals surface area contributed by atoms with Gasteiger partial charge in [0, 0.05) is 30.2 Å². The topological polar surface area (TPSA) is 102 Å². The van der Waals surface area contributed by atoms with Crippen molar-refractivity contribution < 1.29 is 13.9 Å². The molecule has 45 heavy (non-hydrogen) atoms. The third-order valence-electron chi connectivity index (χ3n) is 9.95. The number of ether oxygens (including phenoxy) is 1. The molecule has 1 N–H and O–H groups in total. The molecule has 0 unspecified atom stereocenters. The van der Waals surface area contributed by atoms with Crippen LogP contribution in [-0.4, -0.2) is 58.4 Å². The Bertz CT molecular complexity index is 1620. The SMILES string of the molecule is COc1cccc2c(=O)cc(C(=O)N[C@H](CCN3CCC(Cn4cncn4)(C4CCCCC4)CC3)Cc3ccc(Cl)cc3)oc12. The third kappa shape index (κ3) is 7.42. The molecule has 0 spiro atoms. The number of nitrogens with one attached hydrogen (secondary N) is 1. The molecule has 1 saturated carbocycles. The summed E-state index contributed by atoms with van der Waals surface area (Å²) in [6.45, 7) is 3.83. The van der Waals surface area contributed by atoms with Crippen LogP contribution in [0.1, 0.15) is 67.5 Å². The number of fused-ring (bicyclic) bond motifs is 1. The first-order valence-corrected chi connectivity index (χ1v) is 16.5. The molecule has 2 aromatic heterocycles. The zero-order valence-electron chi connectivity index (χ0n) is 25.9. The van der Waals surface area contributed by atoms with Crippen molar-refractivity contribution in [3.63, 3.8) is 0 Å². The largest absolute Gasteiger partial charge is 0.493 e. The lowest BCUT2D eigenvalue weighted by Gasteiger charge is -2.48. The fourth-order valence-electron chi connectivity index (χ4n) is 7.42. The van der Waals surface area contributed by atoms with Crippen molar-refractivity contribution in [3.05, 3.63) is 87.8 Å². The van der Waals surface area contributed by atoms with Crippen molar-refractivity contribution in [3.8, 4) is 5.75 Å². The van der Waals surface area contributed by atoms with Gasteiger partial charge in [0.15, 0.2) is 22.5 Å². The summed E-state index contributed by atoms with van der Waals surface area (Å²) in [6.07, 6.45) is 13.8. The first kappa shape index (κ1) is 31.3. The summed E-state index contributed by atoms with van der Waals surface area (Å²) in [5, 5.41) is 8.69. The minimum atomic E-state index is -0.415. The van der Waals surface area contributed by atoms with Gasteiger partial charge in [0.1, 0.15) is 12.7 Å². The second kappa shape index (κ2) is 14.2. The number of rotatable bonds is 11. The summed E-state index contributed by atoms with van der Waals surface area (Å²) < 4.78 is 13.4. The van der Waals surface area contributed by atoms with Gasteiger partial charge in [-0.25, -0.2) is 4.98 Å². The van der Waals surface area contributed by atoms with Gasteiger partial charge in [-0.1, -0.05) is 49.1 Å². The molecule has 3 heterocycles. The quantitative estimate of drug-likeness (QED) is 0.212. The van der Waals surface area contributed by atoms with Gasteiger partial charge in [0.05, 0.1) is 12.5 Å². The lowest BCUT2D eigenvalue weighted by atomic mass is 9.63. The average Bonchev–Trinajstić information content (AvgIpc) is 3.58. The van der Waals surface area contributed by atoms with Crippen LogP contribution in [0.5, 0.6) is 5.75 Å². The molecule has 1 aliphatic carbocycles. The predicted molar refractivity (Wildman–Crippen MR) is 175 cm³/mol. The summed E-state index contributed by atoms with van der Waals surface area (Å²) >= 11 is 6.15. The molecule has 1 amide bonds. The van der Waals surface area contributed by atoms with Crippen molar-refractivity contribution in [1.29, 1.82) is 0 Å². The number of para-hydroxylation sites is 1. The number of halogens is 1. The van der Waals surface area contributed by atoms with Gasteiger partial charge in [-0.15, -0.1) is 0 Å². The number of hydrogen-bond acceptors (Lipinski definition) is 7. The average molecular weight is 632 g/mol. The van der Waals surface area contributed by atoms with E-state index >= 15 is 0 Å². The van der Waals surface area contributed by atoms with Crippen molar-refractivity contribution in [2.24, 2.45) is 11.3 Å². The summed E-state index contributed by atoms with van der Waals surface area (Å²) in [7, 11) is 1.51. The van der Waals surface area contributed by atoms with Gasteiger partial charge >= 0.3 is 0 Å². The standard InChI is InChI=1S/C35H42ClN5O4/c1-44-31-9-5-8-29-30(42)21-32(45-33(29)31)34(43)39-28(20-25-10-12-27(36)13-11-25)14-17-40-18-15-35(16-19-40,22-41-24-37-23-38-41)26-6-3-2-4-7-26/h5,8-13,21,23-24,26,28H,2-4,6-7,14-20,22H2,1H3,(H,39,43)/t28-/m1/s1. The second-order valence-electron chi connectivity index (χ2n) is 12.7. The Morgan fingerprint density at radius 3 is 2.62 bits per heavy atom. The number of methoxy groups -OCH3 is 1. The Labute approximate surface area is 268 Å². The van der Waals surface area contributed by atoms with E-state index in [-0.39, 0.29) is 28.2 Å². The molecular formula is C35H42ClN5O4. The first-order valence-electron chi connectivity index (χ1n) is 16.1. The second-order valence-corrected chi connectivity index (χ2v) is 13.2. The number of carbonyl (C=O) groups excluding carboxylic acids is 1. The first-order chi connectivity index (χ1) is 21.9. The third-order valence-corrected chi connectivity index (χ3v) is 10.2. The maximum Gasteiger partial charge on any atom is 0.287 e. The predicted octanol–water partition coefficient (Wildman–Crippen LogP) is 6.14. The van der Waals surface area contributed by atoms with E-state index in [1.165, 1.54) is 45.3 Å². The van der Waals surface area contributed by atoms with Crippen LogP contribution < -0.4 is 15.5 Å². The smallest absolute Gasteiger partial charge is 0.287 e. The number of hydrogen-bond donors (Lipinski definition) is 1. The summed E-state index contributed by atoms with van der Waals surface area (Å²) in [4.78, 5) is 33.1. The Hall–Kier alpha value is -3.69. The number of nitrogens with zero attached hydrogens (tertiary/aromatic N) is 4. The number of aromatic nitrogens is 3. The van der Waals surface area contributed by atoms with Crippen molar-refractivity contribution in [1.82, 2.24) is 25.0 Å². The maximum atomic E-state index is 13.5. The molecular weight excluding hydrogens is 590 g/mol. The van der Waals surface area contributed by atoms with E-state index in [0.29, 0.717) is 22.6 Å². The Morgan fingerprint density at radius 2 is 1.91 bits per heavy atom. The zero-order chi connectivity index (χ0) is 31.2. The molecule has 1 aliphatic heterocycles. The highest BCUT2D eigenvalue weighted by Gasteiger charge is 2.42. The van der Waals surface area contributed by atoms with E-state index in [1.54, 1.807) is 24.5 Å². The molecule has 1 saturated heterocycles. The fraction of sp³-hybridized carbons (Fsp3) is 0.486. The van der Waals surface area contributed by atoms with E-state index in [1.807, 2.05) is 35.3 Å². The van der Waals surface area contributed by atoms with Crippen molar-refractivity contribution >= 4 is 28.5 Å². The molecule has 238 valence electrons. The molecule has 2 aliphatic rings. The van der Waals surface area contributed by atoms with Gasteiger partial charge in [0.2, 0.25) is 0 Å². The Balaban J connectivity index is 1.15. The maximum absolute atomic E-state index is 13.5. The van der Waals surface area contributed by atoms with Gasteiger partial charge < -0.3 is 19.4 Å². The molecule has 0 bridgehead atoms. The molecule has 2 aromatic carbocycles. The summed E-state index contributed by atoms with van der Waals surface area (Å²) in [6, 6.07) is 13.9. The van der Waals surface area contributed by atoms with Gasteiger partial charge in [-0.2, -0.15) is 5.10 Å². The highest BCUT2D eigenvalue weighted by Crippen LogP contribution is 2.47.